The minimum Gasteiger partial charge on any atom is -0.349 e. The Balaban J connectivity index is 4.87. The molecule has 0 radical (unpaired) electrons. The van der Waals surface area contributed by atoms with Crippen LogP contribution in [0.25, 0.3) is 0 Å². The smallest absolute Gasteiger partial charge is 0.349 e. The van der Waals surface area contributed by atoms with Crippen molar-refractivity contribution in [3.8, 4) is 0 Å². The van der Waals surface area contributed by atoms with Crippen LogP contribution in [0.2, 0.25) is 0 Å². The molecule has 0 aliphatic carbocycles. The minimum atomic E-state index is -5.20. The second-order valence-corrected chi connectivity index (χ2v) is 11.7. The summed E-state index contributed by atoms with van der Waals surface area (Å²) in [6, 6.07) is 0. The maximum atomic E-state index is 11.8. The quantitative estimate of drug-likeness (QED) is 0.181. The van der Waals surface area contributed by atoms with Crippen LogP contribution < -0.4 is 0 Å². The van der Waals surface area contributed by atoms with Crippen molar-refractivity contribution in [2.24, 2.45) is 0 Å². The van der Waals surface area contributed by atoms with Gasteiger partial charge in [0.2, 0.25) is 0 Å². The lowest BCUT2D eigenvalue weighted by Gasteiger charge is -2.33. The molecule has 8 nitrogen and oxygen atoms in total. The summed E-state index contributed by atoms with van der Waals surface area (Å²) in [6.45, 7) is 6.01. The second kappa shape index (κ2) is 13.0. The lowest BCUT2D eigenvalue weighted by Crippen LogP contribution is -2.23. The maximum Gasteiger partial charge on any atom is 0.486 e. The zero-order chi connectivity index (χ0) is 20.3. The highest BCUT2D eigenvalue weighted by molar-refractivity contribution is 7.66. The third-order valence-corrected chi connectivity index (χ3v) is 8.73. The van der Waals surface area contributed by atoms with Crippen LogP contribution in [0.4, 0.5) is 0 Å². The van der Waals surface area contributed by atoms with E-state index in [0.29, 0.717) is 12.8 Å². The molecule has 0 heterocycles. The first kappa shape index (κ1) is 26.6. The van der Waals surface area contributed by atoms with Gasteiger partial charge in [-0.2, -0.15) is 4.31 Å². The molecule has 0 aliphatic heterocycles. The van der Waals surface area contributed by atoms with E-state index in [9.17, 15) is 18.9 Å². The molecule has 0 aromatic rings. The predicted octanol–water partition coefficient (Wildman–Crippen LogP) is 5.61. The van der Waals surface area contributed by atoms with Crippen molar-refractivity contribution in [3.05, 3.63) is 0 Å². The molecular formula is C15H35O8P3. The first-order chi connectivity index (χ1) is 12.0. The number of hydrogen-bond acceptors (Lipinski definition) is 5. The normalized spacial score (nSPS) is 18.3. The van der Waals surface area contributed by atoms with E-state index in [1.807, 2.05) is 0 Å². The third kappa shape index (κ3) is 12.9. The van der Waals surface area contributed by atoms with Crippen LogP contribution in [0.3, 0.4) is 0 Å². The van der Waals surface area contributed by atoms with Crippen molar-refractivity contribution in [3.63, 3.8) is 0 Å². The van der Waals surface area contributed by atoms with E-state index in [1.165, 1.54) is 0 Å². The average Bonchev–Trinajstić information content (AvgIpc) is 2.48. The van der Waals surface area contributed by atoms with Gasteiger partial charge in [-0.25, -0.2) is 13.4 Å². The van der Waals surface area contributed by atoms with Gasteiger partial charge in [-0.3, -0.25) is 0 Å². The highest BCUT2D eigenvalue weighted by atomic mass is 31.3. The van der Waals surface area contributed by atoms with Crippen LogP contribution in [-0.2, 0) is 17.8 Å². The Labute approximate surface area is 158 Å². The molecule has 26 heavy (non-hydrogen) atoms. The molecule has 0 spiro atoms. The number of rotatable bonds is 16. The van der Waals surface area contributed by atoms with Crippen LogP contribution >= 0.6 is 24.0 Å². The van der Waals surface area contributed by atoms with E-state index in [-0.39, 0.29) is 0 Å². The van der Waals surface area contributed by atoms with Crippen LogP contribution in [0.5, 0.6) is 0 Å². The van der Waals surface area contributed by atoms with Crippen molar-refractivity contribution in [2.75, 3.05) is 0 Å². The molecule has 0 aromatic carbocycles. The molecule has 158 valence electrons. The van der Waals surface area contributed by atoms with Gasteiger partial charge in [0.25, 0.3) is 0 Å². The largest absolute Gasteiger partial charge is 0.486 e. The molecule has 0 saturated heterocycles. The Morgan fingerprint density at radius 2 is 1.27 bits per heavy atom. The van der Waals surface area contributed by atoms with Gasteiger partial charge in [0, 0.05) is 5.16 Å². The van der Waals surface area contributed by atoms with Crippen LogP contribution in [0, 0.1) is 0 Å². The van der Waals surface area contributed by atoms with Crippen LogP contribution in [0.1, 0.15) is 91.4 Å². The number of unbranched alkanes of at least 4 members (excludes halogenated alkanes) is 7. The molecule has 0 saturated carbocycles. The summed E-state index contributed by atoms with van der Waals surface area (Å²) in [6.07, 6.45) is 10.4. The van der Waals surface area contributed by atoms with Gasteiger partial charge in [-0.15, -0.1) is 0 Å². The lowest BCUT2D eigenvalue weighted by molar-refractivity contribution is 0.226. The van der Waals surface area contributed by atoms with E-state index in [2.05, 4.69) is 18.2 Å². The molecule has 3 unspecified atom stereocenters. The SMILES string of the molecule is CCCCCCCC(C)(CCCCCC)P(O)OP(=O)(O)OP(=O)(O)O. The van der Waals surface area contributed by atoms with E-state index in [0.717, 1.165) is 57.8 Å². The van der Waals surface area contributed by atoms with E-state index < -0.39 is 29.2 Å². The Kier molecular flexibility index (Phi) is 13.3. The Morgan fingerprint density at radius 1 is 0.846 bits per heavy atom. The maximum absolute atomic E-state index is 11.8. The standard InChI is InChI=1S/C15H35O8P3/c1-4-6-8-10-12-14-15(3,13-11-9-7-5-2)24(16)22-26(20,21)23-25(17,18)19/h16H,4-14H2,1-3H3,(H,20,21)(H2,17,18,19). The molecule has 11 heteroatoms. The number of phosphoric acid groups is 2. The van der Waals surface area contributed by atoms with Crippen molar-refractivity contribution in [1.82, 2.24) is 0 Å². The lowest BCUT2D eigenvalue weighted by atomic mass is 9.95. The molecular weight excluding hydrogens is 401 g/mol. The predicted molar refractivity (Wildman–Crippen MR) is 104 cm³/mol. The van der Waals surface area contributed by atoms with Gasteiger partial charge in [0.15, 0.2) is 8.38 Å². The molecule has 4 N–H and O–H groups in total. The number of hydrogen-bond donors (Lipinski definition) is 4. The summed E-state index contributed by atoms with van der Waals surface area (Å²) in [4.78, 5) is 37.3. The second-order valence-electron chi connectivity index (χ2n) is 6.87. The summed E-state index contributed by atoms with van der Waals surface area (Å²) >= 11 is 0. The highest BCUT2D eigenvalue weighted by Crippen LogP contribution is 2.67. The third-order valence-electron chi connectivity index (χ3n) is 4.24. The summed E-state index contributed by atoms with van der Waals surface area (Å²) in [5.74, 6) is 0. The molecule has 0 fully saturated rings. The zero-order valence-electron chi connectivity index (χ0n) is 16.0. The Morgan fingerprint density at radius 3 is 1.69 bits per heavy atom. The van der Waals surface area contributed by atoms with Crippen molar-refractivity contribution in [2.45, 2.75) is 96.6 Å². The average molecular weight is 436 g/mol. The van der Waals surface area contributed by atoms with Crippen LogP contribution in [-0.4, -0.2) is 24.7 Å². The fourth-order valence-corrected chi connectivity index (χ4v) is 6.44. The topological polar surface area (TPSA) is 134 Å². The summed E-state index contributed by atoms with van der Waals surface area (Å²) in [5.41, 5.74) is 0. The van der Waals surface area contributed by atoms with Crippen molar-refractivity contribution < 1.29 is 37.3 Å². The minimum absolute atomic E-state index is 0.610. The Bertz CT molecular complexity index is 470. The van der Waals surface area contributed by atoms with Gasteiger partial charge in [0.1, 0.15) is 0 Å². The van der Waals surface area contributed by atoms with Crippen molar-refractivity contribution >= 4 is 24.0 Å². The van der Waals surface area contributed by atoms with E-state index in [4.69, 9.17) is 14.1 Å². The summed E-state index contributed by atoms with van der Waals surface area (Å²) < 4.78 is 31.1. The van der Waals surface area contributed by atoms with Crippen LogP contribution in [0.15, 0.2) is 0 Å². The summed E-state index contributed by atoms with van der Waals surface area (Å²) in [5, 5.41) is -0.730. The molecule has 0 bridgehead atoms. The molecule has 3 atom stereocenters. The fourth-order valence-electron chi connectivity index (χ4n) is 2.70. The first-order valence-corrected chi connectivity index (χ1v) is 13.5. The summed E-state index contributed by atoms with van der Waals surface area (Å²) in [7, 11) is -12.6. The highest BCUT2D eigenvalue weighted by Gasteiger charge is 2.42. The molecule has 0 aromatic heterocycles. The van der Waals surface area contributed by atoms with E-state index >= 15 is 0 Å². The fraction of sp³-hybridized carbons (Fsp3) is 1.00. The molecule has 0 amide bonds. The van der Waals surface area contributed by atoms with E-state index in [1.54, 1.807) is 6.92 Å². The van der Waals surface area contributed by atoms with Gasteiger partial charge in [-0.1, -0.05) is 78.6 Å². The molecule has 0 aliphatic rings. The zero-order valence-corrected chi connectivity index (χ0v) is 18.7. The van der Waals surface area contributed by atoms with Gasteiger partial charge < -0.3 is 19.6 Å². The Hall–Kier alpha value is 0.650. The monoisotopic (exact) mass is 436 g/mol. The van der Waals surface area contributed by atoms with Gasteiger partial charge in [-0.05, 0) is 12.8 Å². The van der Waals surface area contributed by atoms with Gasteiger partial charge in [0.05, 0.1) is 0 Å². The van der Waals surface area contributed by atoms with Crippen molar-refractivity contribution in [1.29, 1.82) is 0 Å². The van der Waals surface area contributed by atoms with Gasteiger partial charge >= 0.3 is 15.6 Å². The first-order valence-electron chi connectivity index (χ1n) is 9.24. The molecule has 0 rings (SSSR count).